The highest BCUT2D eigenvalue weighted by Gasteiger charge is 2.15. The molecule has 0 aliphatic carbocycles. The van der Waals surface area contributed by atoms with E-state index in [2.05, 4.69) is 9.55 Å². The van der Waals surface area contributed by atoms with E-state index in [4.69, 9.17) is 0 Å². The average molecular weight is 430 g/mol. The molecule has 8 heteroatoms. The van der Waals surface area contributed by atoms with Crippen LogP contribution in [0, 0.1) is 30.9 Å². The van der Waals surface area contributed by atoms with Gasteiger partial charge in [-0.25, -0.2) is 9.38 Å². The molecule has 0 N–H and O–H groups in total. The van der Waals surface area contributed by atoms with Gasteiger partial charge in [0.2, 0.25) is 0 Å². The number of hydrogen-bond donors (Lipinski definition) is 0. The van der Waals surface area contributed by atoms with Gasteiger partial charge in [-0.2, -0.15) is 0 Å². The minimum Gasteiger partial charge on any atom is -0.318 e. The molecule has 7 nitrogen and oxygen atoms in total. The summed E-state index contributed by atoms with van der Waals surface area (Å²) in [4.78, 5) is 29.0. The molecule has 3 aromatic heterocycles. The lowest BCUT2D eigenvalue weighted by molar-refractivity contribution is -0.384. The van der Waals surface area contributed by atoms with Gasteiger partial charge in [0.05, 0.1) is 20.5 Å². The summed E-state index contributed by atoms with van der Waals surface area (Å²) >= 11 is 1.37. The summed E-state index contributed by atoms with van der Waals surface area (Å²) < 4.78 is 4.34. The molecule has 154 valence electrons. The van der Waals surface area contributed by atoms with Crippen molar-refractivity contribution < 1.29 is 4.92 Å². The molecule has 3 heterocycles. The molecule has 31 heavy (non-hydrogen) atoms. The Morgan fingerprint density at radius 1 is 1.10 bits per heavy atom. The Morgan fingerprint density at radius 2 is 1.87 bits per heavy atom. The maximum atomic E-state index is 13.1. The first kappa shape index (κ1) is 19.2. The standard InChI is InChI=1S/C23H18N4O3S/c1-13-10-17(27(29)30)8-9-19(13)25-14(2)11-16(15(25)3)12-21-22(28)26-20-7-5-4-6-18(20)24-23(26)31-21/h4-12H,1-3H3. The van der Waals surface area contributed by atoms with Gasteiger partial charge in [0.15, 0.2) is 4.96 Å². The molecule has 0 aliphatic heterocycles. The Kier molecular flexibility index (Phi) is 4.26. The monoisotopic (exact) mass is 430 g/mol. The first-order chi connectivity index (χ1) is 14.8. The third-order valence-corrected chi connectivity index (χ3v) is 6.50. The van der Waals surface area contributed by atoms with Crippen molar-refractivity contribution in [2.75, 3.05) is 0 Å². The Bertz CT molecular complexity index is 1620. The molecular formula is C23H18N4O3S. The first-order valence-electron chi connectivity index (χ1n) is 9.71. The van der Waals surface area contributed by atoms with Crippen LogP contribution in [0.25, 0.3) is 27.8 Å². The highest BCUT2D eigenvalue weighted by molar-refractivity contribution is 7.15. The molecular weight excluding hydrogens is 412 g/mol. The number of aryl methyl sites for hydroxylation is 2. The van der Waals surface area contributed by atoms with Crippen molar-refractivity contribution in [3.8, 4) is 5.69 Å². The molecule has 0 amide bonds. The van der Waals surface area contributed by atoms with Crippen LogP contribution in [0.15, 0.2) is 53.3 Å². The summed E-state index contributed by atoms with van der Waals surface area (Å²) in [6.07, 6.45) is 1.90. The summed E-state index contributed by atoms with van der Waals surface area (Å²) in [5.74, 6) is 0. The minimum absolute atomic E-state index is 0.0700. The number of nitrogens with zero attached hydrogens (tertiary/aromatic N) is 4. The van der Waals surface area contributed by atoms with E-state index in [-0.39, 0.29) is 11.2 Å². The van der Waals surface area contributed by atoms with Crippen LogP contribution < -0.4 is 10.1 Å². The maximum absolute atomic E-state index is 13.1. The molecule has 5 aromatic rings. The lowest BCUT2D eigenvalue weighted by atomic mass is 10.1. The van der Waals surface area contributed by atoms with Gasteiger partial charge in [0.25, 0.3) is 11.2 Å². The summed E-state index contributed by atoms with van der Waals surface area (Å²) in [7, 11) is 0. The Hall–Kier alpha value is -3.78. The van der Waals surface area contributed by atoms with Crippen LogP contribution in [0.5, 0.6) is 0 Å². The van der Waals surface area contributed by atoms with Crippen LogP contribution in [0.4, 0.5) is 5.69 Å². The zero-order valence-corrected chi connectivity index (χ0v) is 17.9. The highest BCUT2D eigenvalue weighted by atomic mass is 32.1. The van der Waals surface area contributed by atoms with E-state index in [9.17, 15) is 14.9 Å². The summed E-state index contributed by atoms with van der Waals surface area (Å²) in [5.41, 5.74) is 6.19. The minimum atomic E-state index is -0.391. The molecule has 0 saturated carbocycles. The third-order valence-electron chi connectivity index (χ3n) is 5.53. The second-order valence-electron chi connectivity index (χ2n) is 7.52. The molecule has 2 aromatic carbocycles. The fraction of sp³-hybridized carbons (Fsp3) is 0.130. The van der Waals surface area contributed by atoms with E-state index in [0.29, 0.717) is 9.49 Å². The quantitative estimate of drug-likeness (QED) is 0.319. The van der Waals surface area contributed by atoms with E-state index in [1.54, 1.807) is 16.5 Å². The van der Waals surface area contributed by atoms with Crippen LogP contribution in [-0.2, 0) is 0 Å². The van der Waals surface area contributed by atoms with E-state index < -0.39 is 4.92 Å². The second kappa shape index (κ2) is 6.88. The number of para-hydroxylation sites is 2. The van der Waals surface area contributed by atoms with Gasteiger partial charge in [-0.05, 0) is 62.2 Å². The smallest absolute Gasteiger partial charge is 0.274 e. The molecule has 0 spiro atoms. The van der Waals surface area contributed by atoms with Gasteiger partial charge in [0.1, 0.15) is 0 Å². The van der Waals surface area contributed by atoms with E-state index in [0.717, 1.165) is 39.2 Å². The predicted octanol–water partition coefficient (Wildman–Crippen LogP) is 4.08. The van der Waals surface area contributed by atoms with Gasteiger partial charge in [-0.15, -0.1) is 0 Å². The molecule has 0 atom stereocenters. The summed E-state index contributed by atoms with van der Waals surface area (Å²) in [6, 6.07) is 14.5. The number of imidazole rings is 1. The topological polar surface area (TPSA) is 82.4 Å². The lowest BCUT2D eigenvalue weighted by Crippen LogP contribution is -2.22. The van der Waals surface area contributed by atoms with Crippen LogP contribution in [0.2, 0.25) is 0 Å². The fourth-order valence-electron chi connectivity index (χ4n) is 4.06. The maximum Gasteiger partial charge on any atom is 0.274 e. The van der Waals surface area contributed by atoms with Crippen LogP contribution in [0.3, 0.4) is 0 Å². The van der Waals surface area contributed by atoms with E-state index in [1.165, 1.54) is 17.4 Å². The molecule has 0 unspecified atom stereocenters. The van der Waals surface area contributed by atoms with Gasteiger partial charge in [-0.3, -0.25) is 14.9 Å². The molecule has 5 rings (SSSR count). The number of benzene rings is 2. The largest absolute Gasteiger partial charge is 0.318 e. The molecule has 0 fully saturated rings. The zero-order valence-electron chi connectivity index (χ0n) is 17.1. The zero-order chi connectivity index (χ0) is 21.9. The van der Waals surface area contributed by atoms with Crippen molar-refractivity contribution in [1.29, 1.82) is 0 Å². The van der Waals surface area contributed by atoms with Gasteiger partial charge < -0.3 is 4.57 Å². The normalized spacial score (nSPS) is 12.3. The SMILES string of the molecule is Cc1cc([N+](=O)[O-])ccc1-n1c(C)cc(C=c2sc3nc4ccccc4n3c2=O)c1C. The summed E-state index contributed by atoms with van der Waals surface area (Å²) in [6.45, 7) is 5.83. The Labute approximate surface area is 180 Å². The van der Waals surface area contributed by atoms with Crippen molar-refractivity contribution in [3.63, 3.8) is 0 Å². The Morgan fingerprint density at radius 3 is 2.61 bits per heavy atom. The average Bonchev–Trinajstić information content (AvgIpc) is 3.33. The number of fused-ring (bicyclic) bond motifs is 3. The van der Waals surface area contributed by atoms with E-state index in [1.807, 2.05) is 57.2 Å². The second-order valence-corrected chi connectivity index (χ2v) is 8.53. The summed E-state index contributed by atoms with van der Waals surface area (Å²) in [5, 5.41) is 11.1. The van der Waals surface area contributed by atoms with Crippen LogP contribution in [-0.4, -0.2) is 18.9 Å². The predicted molar refractivity (Wildman–Crippen MR) is 122 cm³/mol. The van der Waals surface area contributed by atoms with E-state index >= 15 is 0 Å². The number of non-ortho nitro benzene ring substituents is 1. The molecule has 0 aliphatic rings. The first-order valence-corrected chi connectivity index (χ1v) is 10.5. The highest BCUT2D eigenvalue weighted by Crippen LogP contribution is 2.26. The van der Waals surface area contributed by atoms with Crippen LogP contribution >= 0.6 is 11.3 Å². The van der Waals surface area contributed by atoms with Gasteiger partial charge >= 0.3 is 0 Å². The van der Waals surface area contributed by atoms with Crippen molar-refractivity contribution >= 4 is 39.1 Å². The number of hydrogen-bond acceptors (Lipinski definition) is 5. The van der Waals surface area contributed by atoms with Crippen molar-refractivity contribution in [2.24, 2.45) is 0 Å². The van der Waals surface area contributed by atoms with Gasteiger partial charge in [0, 0.05) is 29.2 Å². The molecule has 0 saturated heterocycles. The number of nitro groups is 1. The van der Waals surface area contributed by atoms with Crippen LogP contribution in [0.1, 0.15) is 22.5 Å². The van der Waals surface area contributed by atoms with Gasteiger partial charge in [-0.1, -0.05) is 23.5 Å². The lowest BCUT2D eigenvalue weighted by Gasteiger charge is -2.12. The van der Waals surface area contributed by atoms with Crippen molar-refractivity contribution in [1.82, 2.24) is 14.0 Å². The fourth-order valence-corrected chi connectivity index (χ4v) is 5.04. The molecule has 0 bridgehead atoms. The number of thiazole rings is 1. The van der Waals surface area contributed by atoms with Crippen molar-refractivity contribution in [3.05, 3.63) is 96.0 Å². The number of nitro benzene ring substituents is 1. The molecule has 0 radical (unpaired) electrons. The number of aromatic nitrogens is 3. The number of rotatable bonds is 3. The van der Waals surface area contributed by atoms with Crippen molar-refractivity contribution in [2.45, 2.75) is 20.8 Å². The Balaban J connectivity index is 1.67. The third kappa shape index (κ3) is 2.95.